The van der Waals surface area contributed by atoms with Gasteiger partial charge < -0.3 is 10.3 Å². The average molecular weight is 257 g/mol. The molecule has 0 bridgehead atoms. The zero-order valence-corrected chi connectivity index (χ0v) is 11.3. The summed E-state index contributed by atoms with van der Waals surface area (Å²) in [7, 11) is 0. The number of hydrogen-bond donors (Lipinski definition) is 1. The van der Waals surface area contributed by atoms with Crippen LogP contribution >= 0.6 is 0 Å². The molecule has 0 spiro atoms. The molecule has 0 saturated heterocycles. The van der Waals surface area contributed by atoms with Gasteiger partial charge in [0.25, 0.3) is 0 Å². The van der Waals surface area contributed by atoms with Crippen molar-refractivity contribution in [2.24, 2.45) is 11.7 Å². The zero-order valence-electron chi connectivity index (χ0n) is 11.3. The Morgan fingerprint density at radius 2 is 1.95 bits per heavy atom. The molecular weight excluding hydrogens is 238 g/mol. The van der Waals surface area contributed by atoms with Crippen LogP contribution in [0, 0.1) is 5.92 Å². The van der Waals surface area contributed by atoms with Crippen molar-refractivity contribution in [3.63, 3.8) is 0 Å². The maximum atomic E-state index is 6.10. The van der Waals surface area contributed by atoms with Gasteiger partial charge in [-0.05, 0) is 38.2 Å². The summed E-state index contributed by atoms with van der Waals surface area (Å²) in [6, 6.07) is 10.1. The first-order chi connectivity index (χ1) is 9.09. The van der Waals surface area contributed by atoms with Crippen LogP contribution in [-0.4, -0.2) is 10.1 Å². The average Bonchev–Trinajstić information content (AvgIpc) is 3.15. The van der Waals surface area contributed by atoms with Crippen molar-refractivity contribution in [2.75, 3.05) is 0 Å². The van der Waals surface area contributed by atoms with E-state index in [2.05, 4.69) is 36.1 Å². The van der Waals surface area contributed by atoms with E-state index >= 15 is 0 Å². The van der Waals surface area contributed by atoms with E-state index < -0.39 is 0 Å². The molecule has 1 aromatic carbocycles. The molecule has 19 heavy (non-hydrogen) atoms. The van der Waals surface area contributed by atoms with Gasteiger partial charge in [-0.2, -0.15) is 4.98 Å². The fourth-order valence-corrected chi connectivity index (χ4v) is 2.27. The van der Waals surface area contributed by atoms with Gasteiger partial charge in [0.05, 0.1) is 11.5 Å². The number of hydrogen-bond acceptors (Lipinski definition) is 4. The molecule has 1 unspecified atom stereocenters. The van der Waals surface area contributed by atoms with E-state index in [1.165, 1.54) is 18.4 Å². The Morgan fingerprint density at radius 1 is 1.26 bits per heavy atom. The molecule has 1 aromatic heterocycles. The summed E-state index contributed by atoms with van der Waals surface area (Å²) >= 11 is 0. The van der Waals surface area contributed by atoms with Crippen molar-refractivity contribution in [2.45, 2.75) is 38.1 Å². The normalized spacial score (nSPS) is 17.4. The topological polar surface area (TPSA) is 64.9 Å². The Morgan fingerprint density at radius 3 is 2.58 bits per heavy atom. The summed E-state index contributed by atoms with van der Waals surface area (Å²) in [5.74, 6) is 1.79. The maximum Gasteiger partial charge on any atom is 0.243 e. The standard InChI is InChI=1S/C15H19N3O/c1-15(2,11-6-4-3-5-7-11)14-17-13(19-18-14)12(16)10-8-9-10/h3-7,10,12H,8-9,16H2,1-2H3. The van der Waals surface area contributed by atoms with Crippen LogP contribution in [0.25, 0.3) is 0 Å². The Kier molecular flexibility index (Phi) is 2.90. The zero-order chi connectivity index (χ0) is 13.5. The summed E-state index contributed by atoms with van der Waals surface area (Å²) in [4.78, 5) is 4.52. The van der Waals surface area contributed by atoms with Crippen molar-refractivity contribution >= 4 is 0 Å². The SMILES string of the molecule is CC(C)(c1ccccc1)c1noc(C(N)C2CC2)n1. The Hall–Kier alpha value is -1.68. The predicted octanol–water partition coefficient (Wildman–Crippen LogP) is 2.81. The quantitative estimate of drug-likeness (QED) is 0.914. The third kappa shape index (κ3) is 2.28. The highest BCUT2D eigenvalue weighted by Crippen LogP contribution is 2.39. The Balaban J connectivity index is 1.89. The maximum absolute atomic E-state index is 6.10. The Labute approximate surface area is 113 Å². The molecule has 1 aliphatic rings. The molecule has 4 heteroatoms. The molecule has 1 atom stereocenters. The highest BCUT2D eigenvalue weighted by Gasteiger charge is 2.35. The first-order valence-electron chi connectivity index (χ1n) is 6.74. The minimum Gasteiger partial charge on any atom is -0.338 e. The molecule has 3 rings (SSSR count). The van der Waals surface area contributed by atoms with Crippen molar-refractivity contribution < 1.29 is 4.52 Å². The summed E-state index contributed by atoms with van der Waals surface area (Å²) in [5.41, 5.74) is 7.00. The lowest BCUT2D eigenvalue weighted by molar-refractivity contribution is 0.336. The van der Waals surface area contributed by atoms with Gasteiger partial charge in [-0.25, -0.2) is 0 Å². The summed E-state index contributed by atoms with van der Waals surface area (Å²) in [6.07, 6.45) is 2.34. The van der Waals surface area contributed by atoms with E-state index in [4.69, 9.17) is 10.3 Å². The summed E-state index contributed by atoms with van der Waals surface area (Å²) < 4.78 is 5.35. The molecule has 100 valence electrons. The highest BCUT2D eigenvalue weighted by molar-refractivity contribution is 5.30. The van der Waals surface area contributed by atoms with E-state index in [1.807, 2.05) is 18.2 Å². The summed E-state index contributed by atoms with van der Waals surface area (Å²) in [5, 5.41) is 4.13. The molecule has 0 radical (unpaired) electrons. The van der Waals surface area contributed by atoms with Crippen LogP contribution in [0.4, 0.5) is 0 Å². The van der Waals surface area contributed by atoms with Gasteiger partial charge in [0.15, 0.2) is 5.82 Å². The molecule has 1 aliphatic carbocycles. The van der Waals surface area contributed by atoms with E-state index in [0.29, 0.717) is 17.6 Å². The minimum absolute atomic E-state index is 0.104. The van der Waals surface area contributed by atoms with Gasteiger partial charge in [0, 0.05) is 0 Å². The molecule has 2 aromatic rings. The smallest absolute Gasteiger partial charge is 0.243 e. The number of aromatic nitrogens is 2. The third-order valence-corrected chi connectivity index (χ3v) is 3.91. The van der Waals surface area contributed by atoms with Gasteiger partial charge in [0.2, 0.25) is 5.89 Å². The van der Waals surface area contributed by atoms with E-state index in [0.717, 1.165) is 0 Å². The second-order valence-corrected chi connectivity index (χ2v) is 5.81. The molecule has 1 fully saturated rings. The number of nitrogens with two attached hydrogens (primary N) is 1. The van der Waals surface area contributed by atoms with E-state index in [1.54, 1.807) is 0 Å². The minimum atomic E-state index is -0.272. The van der Waals surface area contributed by atoms with E-state index in [9.17, 15) is 0 Å². The molecule has 1 heterocycles. The van der Waals surface area contributed by atoms with Crippen LogP contribution in [0.3, 0.4) is 0 Å². The van der Waals surface area contributed by atoms with Crippen molar-refractivity contribution in [1.82, 2.24) is 10.1 Å². The molecule has 1 saturated carbocycles. The first-order valence-corrected chi connectivity index (χ1v) is 6.74. The fourth-order valence-electron chi connectivity index (χ4n) is 2.27. The molecular formula is C15H19N3O. The second kappa shape index (κ2) is 4.46. The lowest BCUT2D eigenvalue weighted by atomic mass is 9.84. The van der Waals surface area contributed by atoms with Crippen LogP contribution < -0.4 is 5.73 Å². The number of nitrogens with zero attached hydrogens (tertiary/aromatic N) is 2. The lowest BCUT2D eigenvalue weighted by Crippen LogP contribution is -2.21. The van der Waals surface area contributed by atoms with Gasteiger partial charge in [-0.1, -0.05) is 35.5 Å². The molecule has 4 nitrogen and oxygen atoms in total. The van der Waals surface area contributed by atoms with E-state index in [-0.39, 0.29) is 11.5 Å². The van der Waals surface area contributed by atoms with Gasteiger partial charge >= 0.3 is 0 Å². The molecule has 0 aliphatic heterocycles. The first kappa shape index (κ1) is 12.4. The third-order valence-electron chi connectivity index (χ3n) is 3.91. The van der Waals surface area contributed by atoms with Crippen molar-refractivity contribution in [3.8, 4) is 0 Å². The van der Waals surface area contributed by atoms with Crippen molar-refractivity contribution in [3.05, 3.63) is 47.6 Å². The lowest BCUT2D eigenvalue weighted by Gasteiger charge is -2.20. The van der Waals surface area contributed by atoms with Crippen LogP contribution in [0.15, 0.2) is 34.9 Å². The van der Waals surface area contributed by atoms with Crippen LogP contribution in [-0.2, 0) is 5.41 Å². The second-order valence-electron chi connectivity index (χ2n) is 5.81. The van der Waals surface area contributed by atoms with Crippen LogP contribution in [0.2, 0.25) is 0 Å². The van der Waals surface area contributed by atoms with Gasteiger partial charge in [-0.15, -0.1) is 0 Å². The number of benzene rings is 1. The Bertz CT molecular complexity index is 558. The van der Waals surface area contributed by atoms with Crippen LogP contribution in [0.5, 0.6) is 0 Å². The predicted molar refractivity (Wildman–Crippen MR) is 72.5 cm³/mol. The largest absolute Gasteiger partial charge is 0.338 e. The molecule has 2 N–H and O–H groups in total. The van der Waals surface area contributed by atoms with Crippen LogP contribution in [0.1, 0.15) is 50.0 Å². The molecule has 0 amide bonds. The summed E-state index contributed by atoms with van der Waals surface area (Å²) in [6.45, 7) is 4.19. The monoisotopic (exact) mass is 257 g/mol. The van der Waals surface area contributed by atoms with Gasteiger partial charge in [0.1, 0.15) is 0 Å². The van der Waals surface area contributed by atoms with Gasteiger partial charge in [-0.3, -0.25) is 0 Å². The fraction of sp³-hybridized carbons (Fsp3) is 0.467. The number of rotatable bonds is 4. The highest BCUT2D eigenvalue weighted by atomic mass is 16.5. The van der Waals surface area contributed by atoms with Crippen molar-refractivity contribution in [1.29, 1.82) is 0 Å².